The monoisotopic (exact) mass is 356 g/mol. The largest absolute Gasteiger partial charge is 0.396 e. The number of nitrogen functional groups attached to an aromatic ring is 1. The minimum absolute atomic E-state index is 0.276. The Kier molecular flexibility index (Phi) is 5.90. The van der Waals surface area contributed by atoms with Crippen LogP contribution in [0, 0.1) is 12.8 Å². The fraction of sp³-hybridized carbons (Fsp3) is 0.474. The summed E-state index contributed by atoms with van der Waals surface area (Å²) in [4.78, 5) is 8.84. The average Bonchev–Trinajstić information content (AvgIpc) is 2.65. The van der Waals surface area contributed by atoms with Gasteiger partial charge < -0.3 is 16.2 Å². The Labute approximate surface area is 154 Å². The van der Waals surface area contributed by atoms with E-state index in [1.165, 1.54) is 5.01 Å². The van der Waals surface area contributed by atoms with Crippen molar-refractivity contribution in [3.8, 4) is 0 Å². The van der Waals surface area contributed by atoms with Crippen LogP contribution < -0.4 is 21.9 Å². The van der Waals surface area contributed by atoms with Crippen LogP contribution in [0.3, 0.4) is 0 Å². The van der Waals surface area contributed by atoms with Gasteiger partial charge in [0.05, 0.1) is 17.6 Å². The molecule has 0 atom stereocenters. The Hall–Kier alpha value is -2.38. The van der Waals surface area contributed by atoms with Gasteiger partial charge in [-0.25, -0.2) is 10.8 Å². The number of nitrogens with zero attached hydrogens (tertiary/aromatic N) is 3. The molecule has 140 valence electrons. The van der Waals surface area contributed by atoms with Crippen LogP contribution in [0.1, 0.15) is 37.7 Å². The Morgan fingerprint density at radius 2 is 1.88 bits per heavy atom. The predicted octanol–water partition coefficient (Wildman–Crippen LogP) is 2.73. The molecule has 1 fully saturated rings. The minimum Gasteiger partial charge on any atom is -0.396 e. The van der Waals surface area contributed by atoms with Crippen LogP contribution in [0.2, 0.25) is 0 Å². The fourth-order valence-corrected chi connectivity index (χ4v) is 3.43. The van der Waals surface area contributed by atoms with E-state index in [4.69, 9.17) is 16.7 Å². The molecule has 3 rings (SSSR count). The van der Waals surface area contributed by atoms with Gasteiger partial charge in [0.2, 0.25) is 5.95 Å². The fourth-order valence-electron chi connectivity index (χ4n) is 3.43. The lowest BCUT2D eigenvalue weighted by atomic mass is 9.84. The van der Waals surface area contributed by atoms with Crippen molar-refractivity contribution in [3.63, 3.8) is 0 Å². The summed E-state index contributed by atoms with van der Waals surface area (Å²) in [6.07, 6.45) is 6.83. The third kappa shape index (κ3) is 4.42. The molecule has 6 N–H and O–H groups in total. The van der Waals surface area contributed by atoms with Crippen LogP contribution >= 0.6 is 0 Å². The second-order valence-corrected chi connectivity index (χ2v) is 7.05. The minimum atomic E-state index is 0.276. The number of nitrogens with two attached hydrogens (primary N) is 2. The zero-order valence-electron chi connectivity index (χ0n) is 15.2. The topological polar surface area (TPSA) is 113 Å². The maximum absolute atomic E-state index is 9.07. The molecule has 0 amide bonds. The van der Waals surface area contributed by atoms with Crippen molar-refractivity contribution < 1.29 is 5.11 Å². The first kappa shape index (κ1) is 18.4. The zero-order chi connectivity index (χ0) is 18.5. The van der Waals surface area contributed by atoms with E-state index in [9.17, 15) is 0 Å². The highest BCUT2D eigenvalue weighted by Crippen LogP contribution is 2.30. The number of aryl methyl sites for hydroxylation is 1. The molecule has 0 radical (unpaired) electrons. The van der Waals surface area contributed by atoms with E-state index in [0.29, 0.717) is 29.4 Å². The molecule has 1 heterocycles. The van der Waals surface area contributed by atoms with Crippen molar-refractivity contribution in [2.75, 3.05) is 22.7 Å². The Morgan fingerprint density at radius 1 is 1.19 bits per heavy atom. The number of hydrogen-bond acceptors (Lipinski definition) is 7. The Bertz CT molecular complexity index is 712. The van der Waals surface area contributed by atoms with Gasteiger partial charge in [-0.15, -0.1) is 0 Å². The Morgan fingerprint density at radius 3 is 2.54 bits per heavy atom. The van der Waals surface area contributed by atoms with Crippen LogP contribution in [0.5, 0.6) is 0 Å². The van der Waals surface area contributed by atoms with E-state index in [0.717, 1.165) is 43.4 Å². The SMILES string of the molecule is Cc1ccc(N(N)c2nc(NC3CCC(CCO)CC3)ncc2N)cc1. The standard InChI is InChI=1S/C19H28N6O/c1-13-2-8-16(9-3-13)25(21)18-17(20)12-22-19(24-18)23-15-6-4-14(5-7-15)10-11-26/h2-3,8-9,12,14-15,26H,4-7,10-11,20-21H2,1H3,(H,22,23,24). The summed E-state index contributed by atoms with van der Waals surface area (Å²) in [7, 11) is 0. The summed E-state index contributed by atoms with van der Waals surface area (Å²) < 4.78 is 0. The molecule has 2 aromatic rings. The van der Waals surface area contributed by atoms with Crippen molar-refractivity contribution in [2.45, 2.75) is 45.1 Å². The third-order valence-corrected chi connectivity index (χ3v) is 5.05. The van der Waals surface area contributed by atoms with Gasteiger partial charge in [0, 0.05) is 12.6 Å². The highest BCUT2D eigenvalue weighted by molar-refractivity contribution is 5.70. The van der Waals surface area contributed by atoms with Gasteiger partial charge in [0.15, 0.2) is 5.82 Å². The number of nitrogens with one attached hydrogen (secondary N) is 1. The lowest BCUT2D eigenvalue weighted by Crippen LogP contribution is -2.29. The van der Waals surface area contributed by atoms with Crippen molar-refractivity contribution in [1.82, 2.24) is 9.97 Å². The van der Waals surface area contributed by atoms with Crippen LogP contribution in [0.15, 0.2) is 30.5 Å². The van der Waals surface area contributed by atoms with E-state index in [1.54, 1.807) is 6.20 Å². The summed E-state index contributed by atoms with van der Waals surface area (Å²) in [6.45, 7) is 2.31. The quantitative estimate of drug-likeness (QED) is 0.465. The molecule has 1 saturated carbocycles. The Balaban J connectivity index is 1.69. The van der Waals surface area contributed by atoms with E-state index in [2.05, 4.69) is 15.3 Å². The first-order valence-electron chi connectivity index (χ1n) is 9.18. The molecule has 7 heteroatoms. The number of aromatic nitrogens is 2. The van der Waals surface area contributed by atoms with Crippen molar-refractivity contribution in [3.05, 3.63) is 36.0 Å². The molecule has 1 aromatic carbocycles. The van der Waals surface area contributed by atoms with E-state index < -0.39 is 0 Å². The molecular weight excluding hydrogens is 328 g/mol. The van der Waals surface area contributed by atoms with Crippen molar-refractivity contribution in [2.24, 2.45) is 11.8 Å². The number of aliphatic hydroxyl groups excluding tert-OH is 1. The first-order chi connectivity index (χ1) is 12.6. The molecular formula is C19H28N6O. The van der Waals surface area contributed by atoms with Gasteiger partial charge in [-0.3, -0.25) is 5.01 Å². The lowest BCUT2D eigenvalue weighted by Gasteiger charge is -2.29. The lowest BCUT2D eigenvalue weighted by molar-refractivity contribution is 0.225. The van der Waals surface area contributed by atoms with E-state index in [-0.39, 0.29) is 6.61 Å². The highest BCUT2D eigenvalue weighted by Gasteiger charge is 2.22. The van der Waals surface area contributed by atoms with Crippen molar-refractivity contribution in [1.29, 1.82) is 0 Å². The molecule has 0 bridgehead atoms. The first-order valence-corrected chi connectivity index (χ1v) is 9.18. The summed E-state index contributed by atoms with van der Waals surface area (Å²) in [6, 6.07) is 8.21. The number of hydrazine groups is 1. The third-order valence-electron chi connectivity index (χ3n) is 5.05. The maximum atomic E-state index is 9.07. The smallest absolute Gasteiger partial charge is 0.225 e. The van der Waals surface area contributed by atoms with Crippen LogP contribution in [0.4, 0.5) is 23.1 Å². The van der Waals surface area contributed by atoms with Crippen LogP contribution in [0.25, 0.3) is 0 Å². The number of hydrogen-bond donors (Lipinski definition) is 4. The average molecular weight is 356 g/mol. The van der Waals surface area contributed by atoms with Crippen molar-refractivity contribution >= 4 is 23.1 Å². The van der Waals surface area contributed by atoms with E-state index >= 15 is 0 Å². The second-order valence-electron chi connectivity index (χ2n) is 7.05. The molecule has 26 heavy (non-hydrogen) atoms. The normalized spacial score (nSPS) is 20.0. The summed E-state index contributed by atoms with van der Waals surface area (Å²) >= 11 is 0. The highest BCUT2D eigenvalue weighted by atomic mass is 16.3. The second kappa shape index (κ2) is 8.33. The van der Waals surface area contributed by atoms with Gasteiger partial charge in [-0.05, 0) is 57.1 Å². The van der Waals surface area contributed by atoms with Gasteiger partial charge in [-0.1, -0.05) is 17.7 Å². The molecule has 7 nitrogen and oxygen atoms in total. The summed E-state index contributed by atoms with van der Waals surface area (Å²) in [5, 5.41) is 14.0. The molecule has 0 unspecified atom stereocenters. The number of rotatable bonds is 6. The molecule has 1 aliphatic rings. The van der Waals surface area contributed by atoms with Gasteiger partial charge in [0.1, 0.15) is 0 Å². The van der Waals surface area contributed by atoms with Crippen LogP contribution in [-0.2, 0) is 0 Å². The number of anilines is 4. The summed E-state index contributed by atoms with van der Waals surface area (Å²) in [5.41, 5.74) is 8.46. The number of aliphatic hydroxyl groups is 1. The zero-order valence-corrected chi connectivity index (χ0v) is 15.2. The molecule has 1 aromatic heterocycles. The summed E-state index contributed by atoms with van der Waals surface area (Å²) in [5.74, 6) is 7.89. The van der Waals surface area contributed by atoms with Gasteiger partial charge in [0.25, 0.3) is 0 Å². The molecule has 0 spiro atoms. The van der Waals surface area contributed by atoms with Gasteiger partial charge >= 0.3 is 0 Å². The molecule has 0 aliphatic heterocycles. The molecule has 1 aliphatic carbocycles. The predicted molar refractivity (Wildman–Crippen MR) is 105 cm³/mol. The number of benzene rings is 1. The van der Waals surface area contributed by atoms with Gasteiger partial charge in [-0.2, -0.15) is 4.98 Å². The van der Waals surface area contributed by atoms with Crippen LogP contribution in [-0.4, -0.2) is 27.7 Å². The molecule has 0 saturated heterocycles. The maximum Gasteiger partial charge on any atom is 0.225 e. The van der Waals surface area contributed by atoms with E-state index in [1.807, 2.05) is 31.2 Å².